The van der Waals surface area contributed by atoms with Crippen LogP contribution in [0.25, 0.3) is 0 Å². The Balaban J connectivity index is 1.34. The maximum atomic E-state index is 2.58. The third-order valence-corrected chi connectivity index (χ3v) is 14.0. The van der Waals surface area contributed by atoms with Crippen LogP contribution in [0.2, 0.25) is 0 Å². The minimum absolute atomic E-state index is 0.199. The lowest BCUT2D eigenvalue weighted by Crippen LogP contribution is -2.49. The van der Waals surface area contributed by atoms with Crippen molar-refractivity contribution in [3.63, 3.8) is 0 Å². The van der Waals surface area contributed by atoms with Crippen LogP contribution in [-0.4, -0.2) is 0 Å². The fourth-order valence-electron chi connectivity index (χ4n) is 13.1. The highest BCUT2D eigenvalue weighted by Gasteiger charge is 2.66. The van der Waals surface area contributed by atoms with Crippen molar-refractivity contribution >= 4 is 0 Å². The summed E-state index contributed by atoms with van der Waals surface area (Å²) in [7, 11) is 0. The molecule has 0 amide bonds. The van der Waals surface area contributed by atoms with Gasteiger partial charge in [-0.05, 0) is 122 Å². The van der Waals surface area contributed by atoms with E-state index in [1.165, 1.54) is 64.2 Å². The third kappa shape index (κ3) is 3.89. The Morgan fingerprint density at radius 2 is 0.846 bits per heavy atom. The first kappa shape index (κ1) is 25.2. The van der Waals surface area contributed by atoms with Crippen molar-refractivity contribution in [1.82, 2.24) is 0 Å². The molecule has 0 nitrogen and oxygen atoms in total. The molecule has 8 rings (SSSR count). The average Bonchev–Trinajstić information content (AvgIpc) is 3.67. The first-order valence-corrected chi connectivity index (χ1v) is 17.5. The van der Waals surface area contributed by atoms with E-state index < -0.39 is 0 Å². The maximum absolute atomic E-state index is 2.58. The predicted octanol–water partition coefficient (Wildman–Crippen LogP) is 10.5. The highest BCUT2D eigenvalue weighted by atomic mass is 14.7. The summed E-state index contributed by atoms with van der Waals surface area (Å²) < 4.78 is 0. The molecule has 0 heterocycles. The van der Waals surface area contributed by atoms with E-state index in [2.05, 4.69) is 60.7 Å². The van der Waals surface area contributed by atoms with Crippen LogP contribution in [0, 0.1) is 59.2 Å². The zero-order valence-electron chi connectivity index (χ0n) is 24.4. The molecular formula is C39H52. The van der Waals surface area contributed by atoms with Crippen molar-refractivity contribution in [3.05, 3.63) is 71.8 Å². The van der Waals surface area contributed by atoms with Gasteiger partial charge < -0.3 is 0 Å². The van der Waals surface area contributed by atoms with Crippen molar-refractivity contribution in [2.24, 2.45) is 59.2 Å². The van der Waals surface area contributed by atoms with Crippen LogP contribution in [0.5, 0.6) is 0 Å². The maximum Gasteiger partial charge on any atom is 0.0264 e. The molecule has 39 heavy (non-hydrogen) atoms. The van der Waals surface area contributed by atoms with E-state index in [1.54, 1.807) is 49.7 Å². The largest absolute Gasteiger partial charge is 0.0622 e. The molecule has 8 unspecified atom stereocenters. The zero-order valence-corrected chi connectivity index (χ0v) is 24.4. The van der Waals surface area contributed by atoms with Gasteiger partial charge in [-0.2, -0.15) is 0 Å². The SMILES string of the molecule is c1ccc(C(c2ccccc2)(C2CCCC2)C2C3CCC4CCCCC4C3C3C4CCCCC4CCC32)cc1. The van der Waals surface area contributed by atoms with E-state index in [1.807, 2.05) is 0 Å². The Morgan fingerprint density at radius 1 is 0.410 bits per heavy atom. The van der Waals surface area contributed by atoms with Gasteiger partial charge in [0.2, 0.25) is 0 Å². The van der Waals surface area contributed by atoms with E-state index in [9.17, 15) is 0 Å². The van der Waals surface area contributed by atoms with Crippen LogP contribution in [0.1, 0.15) is 114 Å². The molecular weight excluding hydrogens is 468 g/mol. The third-order valence-electron chi connectivity index (χ3n) is 14.0. The Kier molecular flexibility index (Phi) is 6.69. The van der Waals surface area contributed by atoms with Gasteiger partial charge in [0.15, 0.2) is 0 Å². The summed E-state index contributed by atoms with van der Waals surface area (Å²) in [5.74, 6) is 9.78. The molecule has 6 aliphatic rings. The van der Waals surface area contributed by atoms with Crippen LogP contribution < -0.4 is 0 Å². The fraction of sp³-hybridized carbons (Fsp3) is 0.692. The van der Waals surface area contributed by atoms with Crippen molar-refractivity contribution < 1.29 is 0 Å². The van der Waals surface area contributed by atoms with Gasteiger partial charge in [0.1, 0.15) is 0 Å². The highest BCUT2D eigenvalue weighted by molar-refractivity contribution is 5.43. The summed E-state index contributed by atoms with van der Waals surface area (Å²) >= 11 is 0. The summed E-state index contributed by atoms with van der Waals surface area (Å²) in [5.41, 5.74) is 3.57. The van der Waals surface area contributed by atoms with Crippen LogP contribution >= 0.6 is 0 Å². The molecule has 0 aliphatic heterocycles. The minimum Gasteiger partial charge on any atom is -0.0622 e. The van der Waals surface area contributed by atoms with Gasteiger partial charge >= 0.3 is 0 Å². The molecule has 0 aromatic heterocycles. The molecule has 6 saturated carbocycles. The topological polar surface area (TPSA) is 0 Å². The molecule has 0 N–H and O–H groups in total. The lowest BCUT2D eigenvalue weighted by atomic mass is 9.51. The van der Waals surface area contributed by atoms with E-state index >= 15 is 0 Å². The molecule has 208 valence electrons. The molecule has 0 spiro atoms. The van der Waals surface area contributed by atoms with Crippen molar-refractivity contribution in [1.29, 1.82) is 0 Å². The Labute approximate surface area is 238 Å². The Morgan fingerprint density at radius 3 is 1.33 bits per heavy atom. The normalized spacial score (nSPS) is 40.4. The van der Waals surface area contributed by atoms with Crippen LogP contribution in [0.15, 0.2) is 60.7 Å². The quantitative estimate of drug-likeness (QED) is 0.376. The molecule has 8 atom stereocenters. The number of fused-ring (bicyclic) bond motifs is 7. The molecule has 0 heteroatoms. The van der Waals surface area contributed by atoms with Gasteiger partial charge in [-0.15, -0.1) is 0 Å². The van der Waals surface area contributed by atoms with Gasteiger partial charge in [-0.3, -0.25) is 0 Å². The van der Waals surface area contributed by atoms with Crippen molar-refractivity contribution in [3.8, 4) is 0 Å². The summed E-state index contributed by atoms with van der Waals surface area (Å²) in [6.45, 7) is 0. The lowest BCUT2D eigenvalue weighted by molar-refractivity contribution is -0.0152. The second-order valence-corrected chi connectivity index (χ2v) is 15.2. The average molecular weight is 521 g/mol. The molecule has 6 fully saturated rings. The second kappa shape index (κ2) is 10.4. The van der Waals surface area contributed by atoms with Crippen LogP contribution in [0.3, 0.4) is 0 Å². The summed E-state index contributed by atoms with van der Waals surface area (Å²) in [5, 5.41) is 0. The van der Waals surface area contributed by atoms with Crippen LogP contribution in [-0.2, 0) is 5.41 Å². The smallest absolute Gasteiger partial charge is 0.0264 e. The first-order valence-electron chi connectivity index (χ1n) is 17.5. The molecule has 0 saturated heterocycles. The predicted molar refractivity (Wildman–Crippen MR) is 162 cm³/mol. The van der Waals surface area contributed by atoms with Gasteiger partial charge in [-0.1, -0.05) is 112 Å². The summed E-state index contributed by atoms with van der Waals surface area (Å²) in [6.07, 6.45) is 24.2. The van der Waals surface area contributed by atoms with Gasteiger partial charge in [0.25, 0.3) is 0 Å². The Hall–Kier alpha value is -1.56. The van der Waals surface area contributed by atoms with Gasteiger partial charge in [0.05, 0.1) is 0 Å². The van der Waals surface area contributed by atoms with E-state index in [0.29, 0.717) is 0 Å². The van der Waals surface area contributed by atoms with Crippen LogP contribution in [0.4, 0.5) is 0 Å². The number of hydrogen-bond donors (Lipinski definition) is 0. The minimum atomic E-state index is 0.199. The number of rotatable bonds is 4. The standard InChI is InChI=1S/C39H52/c1-3-15-29(16-4-1)39(31-19-9-10-20-31,30-17-5-2-6-18-30)38-34-25-23-27-13-7-11-21-32(27)36(34)37-33-22-12-8-14-28(33)24-26-35(37)38/h1-6,15-18,27-28,31-38H,7-14,19-26H2. The Bertz CT molecular complexity index is 1020. The number of benzene rings is 2. The molecule has 2 aromatic rings. The van der Waals surface area contributed by atoms with E-state index in [4.69, 9.17) is 0 Å². The molecule has 2 aromatic carbocycles. The molecule has 0 radical (unpaired) electrons. The van der Waals surface area contributed by atoms with Gasteiger partial charge in [-0.25, -0.2) is 0 Å². The summed E-state index contributed by atoms with van der Waals surface area (Å²) in [6, 6.07) is 24.4. The molecule has 0 bridgehead atoms. The monoisotopic (exact) mass is 520 g/mol. The van der Waals surface area contributed by atoms with E-state index in [-0.39, 0.29) is 5.41 Å². The summed E-state index contributed by atoms with van der Waals surface area (Å²) in [4.78, 5) is 0. The van der Waals surface area contributed by atoms with Gasteiger partial charge in [0, 0.05) is 5.41 Å². The van der Waals surface area contributed by atoms with Crippen molar-refractivity contribution in [2.75, 3.05) is 0 Å². The van der Waals surface area contributed by atoms with Crippen molar-refractivity contribution in [2.45, 2.75) is 108 Å². The zero-order chi connectivity index (χ0) is 25.8. The van der Waals surface area contributed by atoms with E-state index in [0.717, 1.165) is 59.2 Å². The first-order chi connectivity index (χ1) is 19.4. The molecule has 6 aliphatic carbocycles. The lowest BCUT2D eigenvalue weighted by Gasteiger charge is -2.52. The second-order valence-electron chi connectivity index (χ2n) is 15.2. The number of hydrogen-bond acceptors (Lipinski definition) is 0. The fourth-order valence-corrected chi connectivity index (χ4v) is 13.1. The highest BCUT2D eigenvalue weighted by Crippen LogP contribution is 2.71.